The number of morpholine rings is 1. The first-order chi connectivity index (χ1) is 10.5. The van der Waals surface area contributed by atoms with Crippen LogP contribution in [0.2, 0.25) is 0 Å². The number of benzene rings is 1. The lowest BCUT2D eigenvalue weighted by molar-refractivity contribution is -0.122. The van der Waals surface area contributed by atoms with Crippen LogP contribution in [0.5, 0.6) is 0 Å². The first-order valence-corrected chi connectivity index (χ1v) is 7.89. The van der Waals surface area contributed by atoms with E-state index in [0.29, 0.717) is 13.0 Å². The molecule has 0 aromatic heterocycles. The highest BCUT2D eigenvalue weighted by molar-refractivity contribution is 5.81. The molecular weight excluding hydrogens is 278 g/mol. The van der Waals surface area contributed by atoms with Gasteiger partial charge in [0, 0.05) is 25.2 Å². The molecule has 5 nitrogen and oxygen atoms in total. The third-order valence-corrected chi connectivity index (χ3v) is 4.13. The van der Waals surface area contributed by atoms with Crippen molar-refractivity contribution < 1.29 is 9.53 Å². The summed E-state index contributed by atoms with van der Waals surface area (Å²) in [6, 6.07) is 9.35. The van der Waals surface area contributed by atoms with Gasteiger partial charge in [0.1, 0.15) is 0 Å². The molecule has 3 N–H and O–H groups in total. The number of hydrogen-bond donors (Lipinski definition) is 2. The van der Waals surface area contributed by atoms with Gasteiger partial charge in [-0.3, -0.25) is 9.69 Å². The summed E-state index contributed by atoms with van der Waals surface area (Å²) in [4.78, 5) is 14.4. The molecular formula is C17H27N3O2. The summed E-state index contributed by atoms with van der Waals surface area (Å²) < 4.78 is 5.50. The molecule has 1 saturated heterocycles. The summed E-state index contributed by atoms with van der Waals surface area (Å²) in [6.07, 6.45) is 0.565. The van der Waals surface area contributed by atoms with E-state index in [9.17, 15) is 4.79 Å². The van der Waals surface area contributed by atoms with Crippen molar-refractivity contribution in [2.45, 2.75) is 31.8 Å². The van der Waals surface area contributed by atoms with Crippen molar-refractivity contribution in [2.75, 3.05) is 32.8 Å². The summed E-state index contributed by atoms with van der Waals surface area (Å²) in [5.74, 6) is -0.0880. The van der Waals surface area contributed by atoms with Crippen LogP contribution in [0.3, 0.4) is 0 Å². The van der Waals surface area contributed by atoms with Crippen molar-refractivity contribution in [3.8, 4) is 0 Å². The second kappa shape index (κ2) is 7.72. The fraction of sp³-hybridized carbons (Fsp3) is 0.588. The Hall–Kier alpha value is -1.43. The van der Waals surface area contributed by atoms with Crippen LogP contribution in [-0.2, 0) is 16.0 Å². The van der Waals surface area contributed by atoms with Gasteiger partial charge in [0.2, 0.25) is 5.91 Å². The number of ether oxygens (including phenoxy) is 1. The molecule has 1 aliphatic heterocycles. The van der Waals surface area contributed by atoms with Gasteiger partial charge >= 0.3 is 0 Å². The van der Waals surface area contributed by atoms with Crippen LogP contribution in [-0.4, -0.2) is 55.2 Å². The van der Waals surface area contributed by atoms with Crippen LogP contribution in [0.1, 0.15) is 19.4 Å². The Morgan fingerprint density at radius 2 is 2.14 bits per heavy atom. The minimum absolute atomic E-state index is 0.0229. The molecule has 2 rings (SSSR count). The summed E-state index contributed by atoms with van der Waals surface area (Å²) in [5.41, 5.74) is 7.08. The zero-order chi connectivity index (χ0) is 16.0. The Labute approximate surface area is 132 Å². The molecule has 122 valence electrons. The Bertz CT molecular complexity index is 476. The minimum Gasteiger partial charge on any atom is -0.378 e. The van der Waals surface area contributed by atoms with Crippen LogP contribution in [0, 0.1) is 0 Å². The van der Waals surface area contributed by atoms with Crippen LogP contribution in [0.4, 0.5) is 0 Å². The predicted molar refractivity (Wildman–Crippen MR) is 87.6 cm³/mol. The van der Waals surface area contributed by atoms with Crippen LogP contribution in [0.15, 0.2) is 30.3 Å². The lowest BCUT2D eigenvalue weighted by Crippen LogP contribution is -2.55. The highest BCUT2D eigenvalue weighted by Crippen LogP contribution is 2.17. The summed E-state index contributed by atoms with van der Waals surface area (Å²) >= 11 is 0. The van der Waals surface area contributed by atoms with Crippen molar-refractivity contribution in [2.24, 2.45) is 5.73 Å². The minimum atomic E-state index is -0.500. The molecule has 1 unspecified atom stereocenters. The van der Waals surface area contributed by atoms with E-state index in [-0.39, 0.29) is 11.4 Å². The average Bonchev–Trinajstić information content (AvgIpc) is 2.49. The first kappa shape index (κ1) is 16.9. The monoisotopic (exact) mass is 305 g/mol. The van der Waals surface area contributed by atoms with E-state index in [2.05, 4.69) is 24.1 Å². The zero-order valence-corrected chi connectivity index (χ0v) is 13.5. The molecule has 1 aliphatic rings. The van der Waals surface area contributed by atoms with Gasteiger partial charge in [0.15, 0.2) is 0 Å². The topological polar surface area (TPSA) is 67.6 Å². The fourth-order valence-corrected chi connectivity index (χ4v) is 2.71. The number of nitrogens with one attached hydrogen (secondary N) is 1. The van der Waals surface area contributed by atoms with Crippen molar-refractivity contribution in [1.82, 2.24) is 10.2 Å². The number of carbonyl (C=O) groups is 1. The molecule has 22 heavy (non-hydrogen) atoms. The largest absolute Gasteiger partial charge is 0.378 e. The predicted octanol–water partition coefficient (Wildman–Crippen LogP) is 0.783. The Kier molecular flexibility index (Phi) is 5.94. The lowest BCUT2D eigenvalue weighted by Gasteiger charge is -2.42. The molecule has 1 aromatic rings. The Morgan fingerprint density at radius 3 is 2.82 bits per heavy atom. The molecule has 5 heteroatoms. The van der Waals surface area contributed by atoms with Gasteiger partial charge in [-0.1, -0.05) is 30.3 Å². The molecule has 1 atom stereocenters. The normalized spacial score (nSPS) is 19.6. The lowest BCUT2D eigenvalue weighted by atomic mass is 10.0. The maximum Gasteiger partial charge on any atom is 0.237 e. The van der Waals surface area contributed by atoms with Gasteiger partial charge in [-0.15, -0.1) is 0 Å². The smallest absolute Gasteiger partial charge is 0.237 e. The van der Waals surface area contributed by atoms with Crippen LogP contribution in [0.25, 0.3) is 0 Å². The van der Waals surface area contributed by atoms with Gasteiger partial charge in [0.25, 0.3) is 0 Å². The van der Waals surface area contributed by atoms with E-state index < -0.39 is 6.04 Å². The van der Waals surface area contributed by atoms with Crippen LogP contribution < -0.4 is 11.1 Å². The van der Waals surface area contributed by atoms with E-state index in [1.165, 1.54) is 0 Å². The van der Waals surface area contributed by atoms with Gasteiger partial charge in [0.05, 0.1) is 19.3 Å². The second-order valence-corrected chi connectivity index (χ2v) is 6.44. The molecule has 0 spiro atoms. The van der Waals surface area contributed by atoms with E-state index >= 15 is 0 Å². The third kappa shape index (κ3) is 4.80. The van der Waals surface area contributed by atoms with E-state index in [4.69, 9.17) is 10.5 Å². The molecule has 0 radical (unpaired) electrons. The number of nitrogens with zero attached hydrogens (tertiary/aromatic N) is 1. The summed E-state index contributed by atoms with van der Waals surface area (Å²) in [7, 11) is 0. The Balaban J connectivity index is 1.73. The van der Waals surface area contributed by atoms with Crippen molar-refractivity contribution in [3.63, 3.8) is 0 Å². The van der Waals surface area contributed by atoms with Crippen molar-refractivity contribution in [1.29, 1.82) is 0 Å². The van der Waals surface area contributed by atoms with Crippen LogP contribution >= 0.6 is 0 Å². The maximum atomic E-state index is 12.1. The standard InChI is InChI=1S/C17H27N3O2/c1-17(2)13-22-11-10-20(17)9-8-19-16(21)15(18)12-14-6-4-3-5-7-14/h3-7,15H,8-13,18H2,1-2H3,(H,19,21). The second-order valence-electron chi connectivity index (χ2n) is 6.44. The number of rotatable bonds is 6. The summed E-state index contributed by atoms with van der Waals surface area (Å²) in [5, 5.41) is 2.94. The van der Waals surface area contributed by atoms with Crippen molar-refractivity contribution in [3.05, 3.63) is 35.9 Å². The molecule has 0 saturated carbocycles. The average molecular weight is 305 g/mol. The van der Waals surface area contributed by atoms with Gasteiger partial charge < -0.3 is 15.8 Å². The van der Waals surface area contributed by atoms with E-state index in [1.807, 2.05) is 30.3 Å². The number of amides is 1. The van der Waals surface area contributed by atoms with Gasteiger partial charge in [-0.2, -0.15) is 0 Å². The molecule has 1 heterocycles. The molecule has 1 aromatic carbocycles. The summed E-state index contributed by atoms with van der Waals surface area (Å²) in [6.45, 7) is 8.15. The maximum absolute atomic E-state index is 12.1. The number of hydrogen-bond acceptors (Lipinski definition) is 4. The quantitative estimate of drug-likeness (QED) is 0.815. The zero-order valence-electron chi connectivity index (χ0n) is 13.5. The molecule has 1 amide bonds. The van der Waals surface area contributed by atoms with E-state index in [0.717, 1.165) is 31.9 Å². The SMILES string of the molecule is CC1(C)COCCN1CCNC(=O)C(N)Cc1ccccc1. The molecule has 0 aliphatic carbocycles. The number of carbonyl (C=O) groups excluding carboxylic acids is 1. The fourth-order valence-electron chi connectivity index (χ4n) is 2.71. The van der Waals surface area contributed by atoms with Crippen molar-refractivity contribution >= 4 is 5.91 Å². The third-order valence-electron chi connectivity index (χ3n) is 4.13. The Morgan fingerprint density at radius 1 is 1.41 bits per heavy atom. The van der Waals surface area contributed by atoms with Gasteiger partial charge in [-0.05, 0) is 25.8 Å². The number of nitrogens with two attached hydrogens (primary N) is 1. The van der Waals surface area contributed by atoms with Gasteiger partial charge in [-0.25, -0.2) is 0 Å². The highest BCUT2D eigenvalue weighted by atomic mass is 16.5. The van der Waals surface area contributed by atoms with E-state index in [1.54, 1.807) is 0 Å². The first-order valence-electron chi connectivity index (χ1n) is 7.89. The highest BCUT2D eigenvalue weighted by Gasteiger charge is 2.30. The molecule has 1 fully saturated rings. The molecule has 0 bridgehead atoms.